The number of rotatable bonds is 5. The second kappa shape index (κ2) is 8.71. The molecule has 4 rings (SSSR count). The first-order valence-corrected chi connectivity index (χ1v) is 9.93. The number of benzene rings is 3. The van der Waals surface area contributed by atoms with E-state index in [9.17, 15) is 9.59 Å². The fraction of sp³-hybridized carbons (Fsp3) is 0.125. The van der Waals surface area contributed by atoms with E-state index >= 15 is 0 Å². The number of hydrogen-bond donors (Lipinski definition) is 3. The number of amides is 3. The Morgan fingerprint density at radius 2 is 1.45 bits per heavy atom. The average Bonchev–Trinajstić information content (AvgIpc) is 3.19. The number of nitrogens with one attached hydrogen (secondary N) is 3. The topological polar surface area (TPSA) is 96.3 Å². The quantitative estimate of drug-likeness (QED) is 0.382. The monoisotopic (exact) mass is 414 g/mol. The number of fused-ring (bicyclic) bond motifs is 1. The summed E-state index contributed by atoms with van der Waals surface area (Å²) in [6, 6.07) is 20.8. The van der Waals surface area contributed by atoms with Crippen LogP contribution in [-0.2, 0) is 0 Å². The molecule has 0 aliphatic heterocycles. The minimum Gasteiger partial charge on any atom is -0.440 e. The number of urea groups is 1. The zero-order valence-corrected chi connectivity index (χ0v) is 17.2. The SMILES string of the molecule is CC(C)c1nc2cc(NC(=O)c3ccc(NC(=O)Nc4ccccc4)cc3)ccc2o1. The molecule has 3 N–H and O–H groups in total. The highest BCUT2D eigenvalue weighted by atomic mass is 16.3. The zero-order chi connectivity index (χ0) is 21.8. The van der Waals surface area contributed by atoms with E-state index in [1.54, 1.807) is 54.6 Å². The summed E-state index contributed by atoms with van der Waals surface area (Å²) < 4.78 is 5.69. The minimum absolute atomic E-state index is 0.187. The molecule has 4 aromatic rings. The van der Waals surface area contributed by atoms with E-state index in [4.69, 9.17) is 4.42 Å². The van der Waals surface area contributed by atoms with Crippen molar-refractivity contribution in [2.75, 3.05) is 16.0 Å². The van der Waals surface area contributed by atoms with Gasteiger partial charge in [-0.05, 0) is 54.6 Å². The first kappa shape index (κ1) is 20.2. The third kappa shape index (κ3) is 4.90. The number of carbonyl (C=O) groups excluding carboxylic acids is 2. The lowest BCUT2D eigenvalue weighted by atomic mass is 10.2. The van der Waals surface area contributed by atoms with Gasteiger partial charge >= 0.3 is 6.03 Å². The molecule has 1 aromatic heterocycles. The van der Waals surface area contributed by atoms with Gasteiger partial charge in [0.1, 0.15) is 5.52 Å². The van der Waals surface area contributed by atoms with Crippen LogP contribution in [0.5, 0.6) is 0 Å². The Morgan fingerprint density at radius 3 is 2.13 bits per heavy atom. The number of nitrogens with zero attached hydrogens (tertiary/aromatic N) is 1. The van der Waals surface area contributed by atoms with Crippen molar-refractivity contribution in [3.8, 4) is 0 Å². The van der Waals surface area contributed by atoms with E-state index in [-0.39, 0.29) is 17.9 Å². The van der Waals surface area contributed by atoms with Crippen LogP contribution in [0.25, 0.3) is 11.1 Å². The van der Waals surface area contributed by atoms with Crippen molar-refractivity contribution in [3.05, 3.63) is 84.3 Å². The van der Waals surface area contributed by atoms with Gasteiger partial charge in [0.25, 0.3) is 5.91 Å². The van der Waals surface area contributed by atoms with Crippen LogP contribution in [0, 0.1) is 0 Å². The normalized spacial score (nSPS) is 10.8. The van der Waals surface area contributed by atoms with E-state index in [0.29, 0.717) is 39.6 Å². The molecule has 0 fully saturated rings. The molecule has 3 amide bonds. The van der Waals surface area contributed by atoms with Crippen molar-refractivity contribution in [1.82, 2.24) is 4.98 Å². The van der Waals surface area contributed by atoms with Gasteiger partial charge in [0.2, 0.25) is 0 Å². The lowest BCUT2D eigenvalue weighted by Gasteiger charge is -2.09. The summed E-state index contributed by atoms with van der Waals surface area (Å²) in [7, 11) is 0. The Bertz CT molecular complexity index is 1210. The van der Waals surface area contributed by atoms with Crippen molar-refractivity contribution in [3.63, 3.8) is 0 Å². The van der Waals surface area contributed by atoms with Gasteiger partial charge < -0.3 is 20.4 Å². The molecule has 0 bridgehead atoms. The number of carbonyl (C=O) groups is 2. The van der Waals surface area contributed by atoms with Crippen LogP contribution in [0.3, 0.4) is 0 Å². The van der Waals surface area contributed by atoms with Gasteiger partial charge in [-0.3, -0.25) is 4.79 Å². The van der Waals surface area contributed by atoms with Gasteiger partial charge in [-0.2, -0.15) is 0 Å². The highest BCUT2D eigenvalue weighted by Crippen LogP contribution is 2.24. The fourth-order valence-electron chi connectivity index (χ4n) is 2.99. The molecule has 0 saturated heterocycles. The Morgan fingerprint density at radius 1 is 0.806 bits per heavy atom. The molecule has 1 heterocycles. The summed E-state index contributed by atoms with van der Waals surface area (Å²) in [6.07, 6.45) is 0. The smallest absolute Gasteiger partial charge is 0.323 e. The molecule has 31 heavy (non-hydrogen) atoms. The molecule has 7 heteroatoms. The van der Waals surface area contributed by atoms with Crippen LogP contribution >= 0.6 is 0 Å². The summed E-state index contributed by atoms with van der Waals surface area (Å²) in [5.41, 5.74) is 3.76. The Hall–Kier alpha value is -4.13. The van der Waals surface area contributed by atoms with Crippen molar-refractivity contribution in [2.45, 2.75) is 19.8 Å². The molecule has 0 saturated carbocycles. The van der Waals surface area contributed by atoms with Crippen LogP contribution in [0.2, 0.25) is 0 Å². The summed E-state index contributed by atoms with van der Waals surface area (Å²) in [4.78, 5) is 29.1. The lowest BCUT2D eigenvalue weighted by molar-refractivity contribution is 0.102. The molecule has 156 valence electrons. The van der Waals surface area contributed by atoms with Gasteiger partial charge in [-0.15, -0.1) is 0 Å². The molecular formula is C24H22N4O3. The van der Waals surface area contributed by atoms with Crippen LogP contribution in [0.1, 0.15) is 36.0 Å². The maximum atomic E-state index is 12.6. The largest absolute Gasteiger partial charge is 0.440 e. The minimum atomic E-state index is -0.356. The molecule has 0 spiro atoms. The molecule has 0 atom stereocenters. The number of anilines is 3. The van der Waals surface area contributed by atoms with E-state index in [2.05, 4.69) is 20.9 Å². The van der Waals surface area contributed by atoms with E-state index < -0.39 is 0 Å². The molecule has 0 aliphatic rings. The molecule has 0 aliphatic carbocycles. The summed E-state index contributed by atoms with van der Waals surface area (Å²) in [6.45, 7) is 4.02. The van der Waals surface area contributed by atoms with Crippen LogP contribution in [-0.4, -0.2) is 16.9 Å². The maximum Gasteiger partial charge on any atom is 0.323 e. The molecule has 0 unspecified atom stereocenters. The van der Waals surface area contributed by atoms with Crippen molar-refractivity contribution in [1.29, 1.82) is 0 Å². The highest BCUT2D eigenvalue weighted by molar-refractivity contribution is 6.05. The number of oxazole rings is 1. The average molecular weight is 414 g/mol. The van der Waals surface area contributed by atoms with Crippen LogP contribution < -0.4 is 16.0 Å². The standard InChI is InChI=1S/C24H22N4O3/c1-15(2)23-28-20-14-19(12-13-21(20)31-23)25-22(29)16-8-10-18(11-9-16)27-24(30)26-17-6-4-3-5-7-17/h3-15H,1-2H3,(H,25,29)(H2,26,27,30). The predicted octanol–water partition coefficient (Wildman–Crippen LogP) is 5.85. The van der Waals surface area contributed by atoms with Gasteiger partial charge in [0.05, 0.1) is 0 Å². The first-order valence-electron chi connectivity index (χ1n) is 9.93. The Balaban J connectivity index is 1.39. The van der Waals surface area contributed by atoms with Gasteiger partial charge in [-0.25, -0.2) is 9.78 Å². The van der Waals surface area contributed by atoms with Crippen molar-refractivity contribution >= 4 is 40.1 Å². The van der Waals surface area contributed by atoms with E-state index in [0.717, 1.165) is 0 Å². The summed E-state index contributed by atoms with van der Waals surface area (Å²) in [5, 5.41) is 8.34. The van der Waals surface area contributed by atoms with Gasteiger partial charge in [-0.1, -0.05) is 32.0 Å². The van der Waals surface area contributed by atoms with Crippen LogP contribution in [0.15, 0.2) is 77.2 Å². The number of para-hydroxylation sites is 1. The number of aromatic nitrogens is 1. The van der Waals surface area contributed by atoms with Gasteiger partial charge in [0.15, 0.2) is 11.5 Å². The lowest BCUT2D eigenvalue weighted by Crippen LogP contribution is -2.19. The first-order chi connectivity index (χ1) is 15.0. The van der Waals surface area contributed by atoms with E-state index in [1.165, 1.54) is 0 Å². The third-order valence-corrected chi connectivity index (χ3v) is 4.59. The maximum absolute atomic E-state index is 12.6. The summed E-state index contributed by atoms with van der Waals surface area (Å²) >= 11 is 0. The molecule has 7 nitrogen and oxygen atoms in total. The summed E-state index contributed by atoms with van der Waals surface area (Å²) in [5.74, 6) is 0.595. The zero-order valence-electron chi connectivity index (χ0n) is 17.2. The molecular weight excluding hydrogens is 392 g/mol. The van der Waals surface area contributed by atoms with Gasteiger partial charge in [0, 0.05) is 28.5 Å². The predicted molar refractivity (Wildman–Crippen MR) is 122 cm³/mol. The second-order valence-electron chi connectivity index (χ2n) is 7.37. The van der Waals surface area contributed by atoms with Crippen molar-refractivity contribution in [2.24, 2.45) is 0 Å². The Labute approximate surface area is 179 Å². The van der Waals surface area contributed by atoms with Crippen LogP contribution in [0.4, 0.5) is 21.9 Å². The van der Waals surface area contributed by atoms with Crippen molar-refractivity contribution < 1.29 is 14.0 Å². The fourth-order valence-corrected chi connectivity index (χ4v) is 2.99. The Kier molecular flexibility index (Phi) is 5.66. The third-order valence-electron chi connectivity index (χ3n) is 4.59. The molecule has 3 aromatic carbocycles. The number of hydrogen-bond acceptors (Lipinski definition) is 4. The van der Waals surface area contributed by atoms with E-state index in [1.807, 2.05) is 32.0 Å². The molecule has 0 radical (unpaired) electrons. The second-order valence-corrected chi connectivity index (χ2v) is 7.37. The highest BCUT2D eigenvalue weighted by Gasteiger charge is 2.12.